The third-order valence-electron chi connectivity index (χ3n) is 11.9. The maximum atomic E-state index is 2.40. The van der Waals surface area contributed by atoms with Crippen LogP contribution in [0, 0.1) is 0 Å². The van der Waals surface area contributed by atoms with Crippen molar-refractivity contribution in [2.45, 2.75) is 0 Å². The minimum Gasteiger partial charge on any atom is -0.309 e. The van der Waals surface area contributed by atoms with Crippen molar-refractivity contribution in [2.75, 3.05) is 0 Å². The Morgan fingerprint density at radius 3 is 0.860 bits per heavy atom. The Balaban J connectivity index is 0.915. The number of benzene rings is 9. The highest BCUT2D eigenvalue weighted by atomic mass is 15.0. The molecule has 57 heavy (non-hydrogen) atoms. The molecule has 0 fully saturated rings. The van der Waals surface area contributed by atoms with E-state index in [0.29, 0.717) is 0 Å². The molecule has 0 aliphatic carbocycles. The van der Waals surface area contributed by atoms with E-state index in [4.69, 9.17) is 0 Å². The summed E-state index contributed by atoms with van der Waals surface area (Å²) < 4.78 is 7.15. The third kappa shape index (κ3) is 4.86. The topological polar surface area (TPSA) is 14.8 Å². The summed E-state index contributed by atoms with van der Waals surface area (Å²) in [6, 6.07) is 77.4. The molecule has 0 atom stereocenters. The number of rotatable bonds is 5. The number of aromatic nitrogens is 3. The lowest BCUT2D eigenvalue weighted by Crippen LogP contribution is -1.94. The summed E-state index contributed by atoms with van der Waals surface area (Å²) >= 11 is 0. The first-order valence-corrected chi connectivity index (χ1v) is 19.6. The van der Waals surface area contributed by atoms with Gasteiger partial charge in [-0.25, -0.2) is 0 Å². The number of nitrogens with zero attached hydrogens (tertiary/aromatic N) is 3. The van der Waals surface area contributed by atoms with Gasteiger partial charge in [0.05, 0.1) is 33.1 Å². The van der Waals surface area contributed by atoms with Gasteiger partial charge in [-0.3, -0.25) is 0 Å². The molecule has 0 spiro atoms. The van der Waals surface area contributed by atoms with Gasteiger partial charge in [0.2, 0.25) is 0 Å². The first kappa shape index (κ1) is 31.7. The van der Waals surface area contributed by atoms with Crippen molar-refractivity contribution in [1.82, 2.24) is 13.7 Å². The molecule has 0 saturated carbocycles. The summed E-state index contributed by atoms with van der Waals surface area (Å²) in [5.74, 6) is 0. The Bertz CT molecular complexity index is 3440. The summed E-state index contributed by atoms with van der Waals surface area (Å²) in [5.41, 5.74) is 15.6. The van der Waals surface area contributed by atoms with E-state index in [2.05, 4.69) is 226 Å². The Hall–Kier alpha value is -7.62. The second kappa shape index (κ2) is 12.5. The predicted octanol–water partition coefficient (Wildman–Crippen LogP) is 14.3. The zero-order valence-electron chi connectivity index (χ0n) is 31.0. The number of hydrogen-bond acceptors (Lipinski definition) is 0. The molecule has 0 radical (unpaired) electrons. The standard InChI is InChI=1S/C54H35N3/c1-2-12-40(13-3-1)55-51-20-10-6-16-45(51)47-34-38(26-32-53(47)55)39-27-33-54-48(35-39)46-17-7-11-21-52(46)57(54)42-30-24-37(25-31-42)36-22-28-41(29-23-36)56-49-18-8-4-14-43(49)44-15-5-9-19-50(44)56/h1-35H. The van der Waals surface area contributed by atoms with Gasteiger partial charge < -0.3 is 13.7 Å². The molecule has 0 amide bonds. The van der Waals surface area contributed by atoms with Crippen LogP contribution in [-0.4, -0.2) is 13.7 Å². The molecular weight excluding hydrogens is 691 g/mol. The summed E-state index contributed by atoms with van der Waals surface area (Å²) in [6.07, 6.45) is 0. The van der Waals surface area contributed by atoms with Crippen LogP contribution in [0.1, 0.15) is 0 Å². The molecule has 12 aromatic rings. The van der Waals surface area contributed by atoms with E-state index >= 15 is 0 Å². The van der Waals surface area contributed by atoms with Gasteiger partial charge in [-0.05, 0) is 107 Å². The summed E-state index contributed by atoms with van der Waals surface area (Å²) in [6.45, 7) is 0. The zero-order valence-corrected chi connectivity index (χ0v) is 31.0. The van der Waals surface area contributed by atoms with Crippen LogP contribution in [0.2, 0.25) is 0 Å². The summed E-state index contributed by atoms with van der Waals surface area (Å²) in [4.78, 5) is 0. The molecule has 9 aromatic carbocycles. The maximum absolute atomic E-state index is 2.40. The normalized spacial score (nSPS) is 11.9. The SMILES string of the molecule is c1ccc(-n2c3ccccc3c3cc(-c4ccc5c(c4)c4ccccc4n5-c4ccc(-c5ccc(-n6c7ccccc7c7ccccc76)cc5)cc4)ccc32)cc1. The number of fused-ring (bicyclic) bond motifs is 9. The second-order valence-electron chi connectivity index (χ2n) is 15.0. The van der Waals surface area contributed by atoms with Crippen LogP contribution in [0.4, 0.5) is 0 Å². The van der Waals surface area contributed by atoms with Crippen LogP contribution in [0.5, 0.6) is 0 Å². The van der Waals surface area contributed by atoms with Gasteiger partial charge in [0, 0.05) is 49.4 Å². The van der Waals surface area contributed by atoms with Gasteiger partial charge in [-0.15, -0.1) is 0 Å². The Morgan fingerprint density at radius 2 is 0.474 bits per heavy atom. The number of hydrogen-bond donors (Lipinski definition) is 0. The van der Waals surface area contributed by atoms with Crippen LogP contribution in [0.3, 0.4) is 0 Å². The molecule has 0 unspecified atom stereocenters. The molecule has 0 bridgehead atoms. The maximum Gasteiger partial charge on any atom is 0.0541 e. The Morgan fingerprint density at radius 1 is 0.193 bits per heavy atom. The van der Waals surface area contributed by atoms with Crippen LogP contribution < -0.4 is 0 Å². The van der Waals surface area contributed by atoms with E-state index in [1.807, 2.05) is 0 Å². The quantitative estimate of drug-likeness (QED) is 0.168. The van der Waals surface area contributed by atoms with Gasteiger partial charge in [0.1, 0.15) is 0 Å². The van der Waals surface area contributed by atoms with Crippen molar-refractivity contribution in [3.8, 4) is 39.3 Å². The van der Waals surface area contributed by atoms with Crippen molar-refractivity contribution in [1.29, 1.82) is 0 Å². The highest BCUT2D eigenvalue weighted by molar-refractivity contribution is 6.13. The Labute approximate surface area is 329 Å². The lowest BCUT2D eigenvalue weighted by molar-refractivity contribution is 1.18. The lowest BCUT2D eigenvalue weighted by atomic mass is 10.0. The fourth-order valence-electron chi connectivity index (χ4n) is 9.24. The van der Waals surface area contributed by atoms with Gasteiger partial charge in [-0.2, -0.15) is 0 Å². The zero-order chi connectivity index (χ0) is 37.5. The van der Waals surface area contributed by atoms with E-state index in [1.165, 1.54) is 93.4 Å². The van der Waals surface area contributed by atoms with E-state index in [0.717, 1.165) is 11.4 Å². The van der Waals surface area contributed by atoms with Gasteiger partial charge >= 0.3 is 0 Å². The molecule has 0 N–H and O–H groups in total. The van der Waals surface area contributed by atoms with Crippen molar-refractivity contribution < 1.29 is 0 Å². The smallest absolute Gasteiger partial charge is 0.0541 e. The molecule has 266 valence electrons. The third-order valence-corrected chi connectivity index (χ3v) is 11.9. The van der Waals surface area contributed by atoms with Gasteiger partial charge in [-0.1, -0.05) is 127 Å². The molecule has 3 heteroatoms. The van der Waals surface area contributed by atoms with Gasteiger partial charge in [0.15, 0.2) is 0 Å². The van der Waals surface area contributed by atoms with Crippen LogP contribution in [0.25, 0.3) is 105 Å². The van der Waals surface area contributed by atoms with Crippen molar-refractivity contribution in [3.63, 3.8) is 0 Å². The number of para-hydroxylation sites is 5. The minimum atomic E-state index is 1.15. The minimum absolute atomic E-state index is 1.15. The van der Waals surface area contributed by atoms with Crippen LogP contribution in [0.15, 0.2) is 212 Å². The van der Waals surface area contributed by atoms with Gasteiger partial charge in [0.25, 0.3) is 0 Å². The van der Waals surface area contributed by atoms with E-state index in [-0.39, 0.29) is 0 Å². The largest absolute Gasteiger partial charge is 0.309 e. The molecule has 3 aromatic heterocycles. The fraction of sp³-hybridized carbons (Fsp3) is 0. The average molecular weight is 726 g/mol. The lowest BCUT2D eigenvalue weighted by Gasteiger charge is -2.11. The molecule has 12 rings (SSSR count). The fourth-order valence-corrected chi connectivity index (χ4v) is 9.24. The average Bonchev–Trinajstić information content (AvgIpc) is 3.92. The molecule has 0 saturated heterocycles. The molecule has 0 aliphatic rings. The highest BCUT2D eigenvalue weighted by Gasteiger charge is 2.17. The van der Waals surface area contributed by atoms with Crippen molar-refractivity contribution in [2.24, 2.45) is 0 Å². The van der Waals surface area contributed by atoms with E-state index in [9.17, 15) is 0 Å². The molecule has 3 heterocycles. The van der Waals surface area contributed by atoms with Crippen molar-refractivity contribution >= 4 is 65.4 Å². The molecule has 3 nitrogen and oxygen atoms in total. The van der Waals surface area contributed by atoms with Crippen molar-refractivity contribution in [3.05, 3.63) is 212 Å². The van der Waals surface area contributed by atoms with Crippen LogP contribution in [-0.2, 0) is 0 Å². The summed E-state index contributed by atoms with van der Waals surface area (Å²) in [7, 11) is 0. The Kier molecular flexibility index (Phi) is 6.93. The second-order valence-corrected chi connectivity index (χ2v) is 15.0. The van der Waals surface area contributed by atoms with E-state index in [1.54, 1.807) is 0 Å². The molecular formula is C54H35N3. The summed E-state index contributed by atoms with van der Waals surface area (Å²) in [5, 5.41) is 7.58. The first-order valence-electron chi connectivity index (χ1n) is 19.6. The highest BCUT2D eigenvalue weighted by Crippen LogP contribution is 2.39. The van der Waals surface area contributed by atoms with E-state index < -0.39 is 0 Å². The predicted molar refractivity (Wildman–Crippen MR) is 240 cm³/mol. The monoisotopic (exact) mass is 725 g/mol. The first-order chi connectivity index (χ1) is 28.3. The molecule has 0 aliphatic heterocycles. The van der Waals surface area contributed by atoms with Crippen LogP contribution >= 0.6 is 0 Å².